The predicted molar refractivity (Wildman–Crippen MR) is 95.3 cm³/mol. The van der Waals surface area contributed by atoms with E-state index in [-0.39, 0.29) is 12.5 Å². The monoisotopic (exact) mass is 372 g/mol. The topological polar surface area (TPSA) is 67.9 Å². The van der Waals surface area contributed by atoms with E-state index in [9.17, 15) is 9.59 Å². The number of halogens is 1. The number of nitrogens with zero attached hydrogens (tertiary/aromatic N) is 1. The fourth-order valence-corrected chi connectivity index (χ4v) is 3.75. The summed E-state index contributed by atoms with van der Waals surface area (Å²) in [7, 11) is 1.54. The molecule has 2 aromatic rings. The molecule has 0 aliphatic carbocycles. The molecule has 0 unspecified atom stereocenters. The summed E-state index contributed by atoms with van der Waals surface area (Å²) in [5, 5.41) is 3.39. The number of ether oxygens (including phenoxy) is 2. The Morgan fingerprint density at radius 1 is 1.27 bits per heavy atom. The van der Waals surface area contributed by atoms with Crippen molar-refractivity contribution < 1.29 is 19.1 Å². The number of fused-ring (bicyclic) bond motifs is 2. The lowest BCUT2D eigenvalue weighted by atomic mass is 9.84. The van der Waals surface area contributed by atoms with E-state index in [1.807, 2.05) is 18.2 Å². The van der Waals surface area contributed by atoms with Gasteiger partial charge in [-0.05, 0) is 24.3 Å². The van der Waals surface area contributed by atoms with Crippen molar-refractivity contribution in [2.75, 3.05) is 13.7 Å². The first-order valence-corrected chi connectivity index (χ1v) is 8.62. The molecule has 2 heterocycles. The Bertz CT molecular complexity index is 901. The van der Waals surface area contributed by atoms with Gasteiger partial charge in [-0.15, -0.1) is 0 Å². The van der Waals surface area contributed by atoms with Gasteiger partial charge in [0.2, 0.25) is 0 Å². The maximum atomic E-state index is 13.3. The lowest BCUT2D eigenvalue weighted by Crippen LogP contribution is -2.47. The first-order chi connectivity index (χ1) is 12.5. The Balaban J connectivity index is 1.71. The Morgan fingerprint density at radius 3 is 2.88 bits per heavy atom. The van der Waals surface area contributed by atoms with E-state index in [2.05, 4.69) is 5.32 Å². The SMILES string of the molecule is COc1ccc(Cl)cc1CN1C(=O)N[C@@]2(CCOc3ccccc32)C1=O. The third-order valence-electron chi connectivity index (χ3n) is 4.83. The van der Waals surface area contributed by atoms with Gasteiger partial charge in [0.25, 0.3) is 5.91 Å². The molecule has 2 aromatic carbocycles. The number of hydrogen-bond donors (Lipinski definition) is 1. The molecule has 3 amide bonds. The summed E-state index contributed by atoms with van der Waals surface area (Å²) in [6, 6.07) is 12.0. The fraction of sp³-hybridized carbons (Fsp3) is 0.263. The summed E-state index contributed by atoms with van der Waals surface area (Å²) >= 11 is 6.07. The van der Waals surface area contributed by atoms with Gasteiger partial charge in [-0.3, -0.25) is 9.69 Å². The molecule has 6 nitrogen and oxygen atoms in total. The molecule has 0 aromatic heterocycles. The number of rotatable bonds is 3. The average molecular weight is 373 g/mol. The molecule has 1 N–H and O–H groups in total. The molecule has 1 atom stereocenters. The van der Waals surface area contributed by atoms with Crippen molar-refractivity contribution in [2.24, 2.45) is 0 Å². The van der Waals surface area contributed by atoms with Crippen LogP contribution >= 0.6 is 11.6 Å². The van der Waals surface area contributed by atoms with Crippen molar-refractivity contribution in [1.29, 1.82) is 0 Å². The molecule has 0 radical (unpaired) electrons. The highest BCUT2D eigenvalue weighted by molar-refractivity contribution is 6.30. The van der Waals surface area contributed by atoms with E-state index in [0.29, 0.717) is 40.7 Å². The van der Waals surface area contributed by atoms with Gasteiger partial charge < -0.3 is 14.8 Å². The van der Waals surface area contributed by atoms with Crippen molar-refractivity contribution in [1.82, 2.24) is 10.2 Å². The summed E-state index contributed by atoms with van der Waals surface area (Å²) in [5.41, 5.74) is 0.267. The third-order valence-corrected chi connectivity index (χ3v) is 5.06. The Hall–Kier alpha value is -2.73. The van der Waals surface area contributed by atoms with Gasteiger partial charge in [-0.1, -0.05) is 29.8 Å². The van der Waals surface area contributed by atoms with Gasteiger partial charge >= 0.3 is 6.03 Å². The van der Waals surface area contributed by atoms with Crippen molar-refractivity contribution in [3.05, 3.63) is 58.6 Å². The lowest BCUT2D eigenvalue weighted by molar-refractivity contribution is -0.133. The van der Waals surface area contributed by atoms with Crippen molar-refractivity contribution >= 4 is 23.5 Å². The van der Waals surface area contributed by atoms with Crippen LogP contribution in [0.15, 0.2) is 42.5 Å². The minimum Gasteiger partial charge on any atom is -0.496 e. The fourth-order valence-electron chi connectivity index (χ4n) is 3.56. The van der Waals surface area contributed by atoms with Crippen LogP contribution in [0.4, 0.5) is 4.79 Å². The van der Waals surface area contributed by atoms with E-state index in [4.69, 9.17) is 21.1 Å². The second-order valence-electron chi connectivity index (χ2n) is 6.28. The van der Waals surface area contributed by atoms with E-state index in [1.165, 1.54) is 12.0 Å². The summed E-state index contributed by atoms with van der Waals surface area (Å²) in [4.78, 5) is 27.1. The standard InChI is InChI=1S/C19H17ClN2O4/c1-25-15-7-6-13(20)10-12(15)11-22-17(23)19(21-18(22)24)8-9-26-16-5-3-2-4-14(16)19/h2-7,10H,8-9,11H2,1H3,(H,21,24)/t19-/m1/s1. The van der Waals surface area contributed by atoms with E-state index >= 15 is 0 Å². The highest BCUT2D eigenvalue weighted by Gasteiger charge is 2.54. The molecule has 2 aliphatic rings. The third kappa shape index (κ3) is 2.49. The van der Waals surface area contributed by atoms with E-state index < -0.39 is 11.6 Å². The van der Waals surface area contributed by atoms with Crippen LogP contribution in [0.5, 0.6) is 11.5 Å². The van der Waals surface area contributed by atoms with Crippen LogP contribution in [0.3, 0.4) is 0 Å². The molecule has 0 saturated carbocycles. The second kappa shape index (κ2) is 6.21. The molecule has 26 heavy (non-hydrogen) atoms. The van der Waals surface area contributed by atoms with Crippen LogP contribution in [0.1, 0.15) is 17.5 Å². The smallest absolute Gasteiger partial charge is 0.325 e. The largest absolute Gasteiger partial charge is 0.496 e. The Morgan fingerprint density at radius 2 is 2.08 bits per heavy atom. The van der Waals surface area contributed by atoms with Crippen LogP contribution in [0.25, 0.3) is 0 Å². The van der Waals surface area contributed by atoms with Crippen LogP contribution in [-0.4, -0.2) is 30.6 Å². The zero-order chi connectivity index (χ0) is 18.3. The number of imide groups is 1. The van der Waals surface area contributed by atoms with Gasteiger partial charge in [-0.25, -0.2) is 4.79 Å². The maximum Gasteiger partial charge on any atom is 0.325 e. The van der Waals surface area contributed by atoms with Gasteiger partial charge in [0.15, 0.2) is 5.54 Å². The highest BCUT2D eigenvalue weighted by atomic mass is 35.5. The van der Waals surface area contributed by atoms with Gasteiger partial charge in [0, 0.05) is 22.6 Å². The molecule has 1 spiro atoms. The van der Waals surface area contributed by atoms with Crippen molar-refractivity contribution in [2.45, 2.75) is 18.5 Å². The van der Waals surface area contributed by atoms with Crippen LogP contribution < -0.4 is 14.8 Å². The first-order valence-electron chi connectivity index (χ1n) is 8.24. The van der Waals surface area contributed by atoms with Crippen LogP contribution in [0.2, 0.25) is 5.02 Å². The number of benzene rings is 2. The number of nitrogens with one attached hydrogen (secondary N) is 1. The Labute approximate surface area is 155 Å². The molecular weight excluding hydrogens is 356 g/mol. The molecule has 2 aliphatic heterocycles. The molecular formula is C19H17ClN2O4. The number of urea groups is 1. The normalized spacial score (nSPS) is 21.4. The second-order valence-corrected chi connectivity index (χ2v) is 6.71. The van der Waals surface area contributed by atoms with Crippen molar-refractivity contribution in [3.8, 4) is 11.5 Å². The quantitative estimate of drug-likeness (QED) is 0.841. The predicted octanol–water partition coefficient (Wildman–Crippen LogP) is 3.08. The van der Waals surface area contributed by atoms with E-state index in [0.717, 1.165) is 0 Å². The number of amides is 3. The summed E-state index contributed by atoms with van der Waals surface area (Å²) in [6.45, 7) is 0.441. The summed E-state index contributed by atoms with van der Waals surface area (Å²) < 4.78 is 11.0. The van der Waals surface area contributed by atoms with Gasteiger partial charge in [0.1, 0.15) is 11.5 Å². The minimum atomic E-state index is -1.09. The Kier molecular flexibility index (Phi) is 4.00. The zero-order valence-corrected chi connectivity index (χ0v) is 14.9. The average Bonchev–Trinajstić information content (AvgIpc) is 2.87. The number of carbonyl (C=O) groups is 2. The number of methoxy groups -OCH3 is 1. The zero-order valence-electron chi connectivity index (χ0n) is 14.1. The molecule has 1 fully saturated rings. The van der Waals surface area contributed by atoms with Crippen LogP contribution in [-0.2, 0) is 16.9 Å². The molecule has 4 rings (SSSR count). The maximum absolute atomic E-state index is 13.3. The molecule has 134 valence electrons. The van der Waals surface area contributed by atoms with Gasteiger partial charge in [-0.2, -0.15) is 0 Å². The number of carbonyl (C=O) groups excluding carboxylic acids is 2. The van der Waals surface area contributed by atoms with Crippen LogP contribution in [0, 0.1) is 0 Å². The number of para-hydroxylation sites is 1. The van der Waals surface area contributed by atoms with Gasteiger partial charge in [0.05, 0.1) is 20.3 Å². The minimum absolute atomic E-state index is 0.0825. The summed E-state index contributed by atoms with van der Waals surface area (Å²) in [6.07, 6.45) is 0.387. The molecule has 7 heteroatoms. The summed E-state index contributed by atoms with van der Waals surface area (Å²) in [5.74, 6) is 0.901. The lowest BCUT2D eigenvalue weighted by Gasteiger charge is -2.33. The van der Waals surface area contributed by atoms with Crippen molar-refractivity contribution in [3.63, 3.8) is 0 Å². The molecule has 1 saturated heterocycles. The van der Waals surface area contributed by atoms with E-state index in [1.54, 1.807) is 24.3 Å². The molecule has 0 bridgehead atoms. The first kappa shape index (κ1) is 16.7. The highest BCUT2D eigenvalue weighted by Crippen LogP contribution is 2.41. The number of hydrogen-bond acceptors (Lipinski definition) is 4.